The molecule has 0 aliphatic carbocycles. The van der Waals surface area contributed by atoms with Gasteiger partial charge in [-0.05, 0) is 46.2 Å². The van der Waals surface area contributed by atoms with Crippen molar-refractivity contribution in [1.29, 1.82) is 0 Å². The van der Waals surface area contributed by atoms with E-state index in [4.69, 9.17) is 12.2 Å². The van der Waals surface area contributed by atoms with Gasteiger partial charge >= 0.3 is 0 Å². The molecular formula is C9H17N5S. The Hall–Kier alpha value is -1.01. The van der Waals surface area contributed by atoms with Crippen molar-refractivity contribution in [3.63, 3.8) is 0 Å². The van der Waals surface area contributed by atoms with Gasteiger partial charge in [-0.3, -0.25) is 5.10 Å². The van der Waals surface area contributed by atoms with Gasteiger partial charge in [0.1, 0.15) is 0 Å². The van der Waals surface area contributed by atoms with Crippen LogP contribution in [0, 0.1) is 11.7 Å². The average Bonchev–Trinajstić information content (AvgIpc) is 2.17. The largest absolute Gasteiger partial charge is 0.368 e. The number of nitrogens with one attached hydrogen (secondary N) is 2. The van der Waals surface area contributed by atoms with Crippen LogP contribution in [0.25, 0.3) is 0 Å². The lowest BCUT2D eigenvalue weighted by Crippen LogP contribution is -2.17. The summed E-state index contributed by atoms with van der Waals surface area (Å²) in [6, 6.07) is 0. The molecule has 0 amide bonds. The zero-order valence-electron chi connectivity index (χ0n) is 9.37. The first-order valence-electron chi connectivity index (χ1n) is 4.91. The molecule has 0 bridgehead atoms. The Balaban J connectivity index is 2.43. The van der Waals surface area contributed by atoms with E-state index in [-0.39, 0.29) is 0 Å². The quantitative estimate of drug-likeness (QED) is 0.585. The van der Waals surface area contributed by atoms with E-state index >= 15 is 0 Å². The van der Waals surface area contributed by atoms with Crippen LogP contribution in [-0.4, -0.2) is 47.3 Å². The standard InChI is InChI=1S/C9H17N5S/c1-7-8(11-9(15)13-12-7)10-5-4-6-14(2)3/h4-6H2,1-3H3,(H2,10,11,13,15). The van der Waals surface area contributed by atoms with Crippen LogP contribution < -0.4 is 5.32 Å². The number of anilines is 1. The molecule has 0 saturated carbocycles. The van der Waals surface area contributed by atoms with Crippen LogP contribution >= 0.6 is 12.2 Å². The molecule has 15 heavy (non-hydrogen) atoms. The highest BCUT2D eigenvalue weighted by Gasteiger charge is 1.99. The summed E-state index contributed by atoms with van der Waals surface area (Å²) in [7, 11) is 4.12. The smallest absolute Gasteiger partial charge is 0.215 e. The van der Waals surface area contributed by atoms with Gasteiger partial charge in [-0.15, -0.1) is 0 Å². The van der Waals surface area contributed by atoms with Gasteiger partial charge in [0.25, 0.3) is 0 Å². The summed E-state index contributed by atoms with van der Waals surface area (Å²) in [5, 5.41) is 9.90. The predicted octanol–water partition coefficient (Wildman–Crippen LogP) is 1.21. The third-order valence-electron chi connectivity index (χ3n) is 1.95. The molecule has 0 saturated heterocycles. The molecule has 1 heterocycles. The average molecular weight is 227 g/mol. The second-order valence-corrected chi connectivity index (χ2v) is 4.04. The van der Waals surface area contributed by atoms with E-state index in [0.717, 1.165) is 31.0 Å². The zero-order valence-corrected chi connectivity index (χ0v) is 10.2. The highest BCUT2D eigenvalue weighted by Crippen LogP contribution is 2.05. The zero-order chi connectivity index (χ0) is 11.3. The molecule has 0 radical (unpaired) electrons. The van der Waals surface area contributed by atoms with Crippen molar-refractivity contribution in [3.05, 3.63) is 10.5 Å². The summed E-state index contributed by atoms with van der Waals surface area (Å²) in [6.45, 7) is 3.83. The first-order valence-corrected chi connectivity index (χ1v) is 5.32. The maximum atomic E-state index is 4.90. The van der Waals surface area contributed by atoms with Gasteiger partial charge in [0.15, 0.2) is 5.82 Å². The van der Waals surface area contributed by atoms with Crippen LogP contribution in [0.4, 0.5) is 5.82 Å². The molecule has 1 rings (SSSR count). The van der Waals surface area contributed by atoms with Crippen molar-refractivity contribution >= 4 is 18.0 Å². The normalized spacial score (nSPS) is 10.7. The van der Waals surface area contributed by atoms with E-state index in [0.29, 0.717) is 4.77 Å². The molecule has 84 valence electrons. The van der Waals surface area contributed by atoms with E-state index in [1.54, 1.807) is 0 Å². The van der Waals surface area contributed by atoms with Crippen LogP contribution in [-0.2, 0) is 0 Å². The van der Waals surface area contributed by atoms with Gasteiger partial charge in [0.05, 0.1) is 5.69 Å². The third kappa shape index (κ3) is 4.35. The van der Waals surface area contributed by atoms with Gasteiger partial charge in [-0.2, -0.15) is 10.1 Å². The van der Waals surface area contributed by atoms with E-state index < -0.39 is 0 Å². The summed E-state index contributed by atoms with van der Waals surface area (Å²) in [4.78, 5) is 6.31. The summed E-state index contributed by atoms with van der Waals surface area (Å²) in [5.41, 5.74) is 0.841. The fourth-order valence-corrected chi connectivity index (χ4v) is 1.30. The minimum atomic E-state index is 0.413. The monoisotopic (exact) mass is 227 g/mol. The third-order valence-corrected chi connectivity index (χ3v) is 2.13. The lowest BCUT2D eigenvalue weighted by molar-refractivity contribution is 0.405. The van der Waals surface area contributed by atoms with Crippen molar-refractivity contribution in [2.75, 3.05) is 32.5 Å². The molecule has 0 atom stereocenters. The lowest BCUT2D eigenvalue weighted by atomic mass is 10.4. The highest BCUT2D eigenvalue weighted by atomic mass is 32.1. The van der Waals surface area contributed by atoms with Gasteiger partial charge < -0.3 is 10.2 Å². The number of rotatable bonds is 5. The second-order valence-electron chi connectivity index (χ2n) is 3.66. The molecule has 0 aliphatic heterocycles. The first-order chi connectivity index (χ1) is 7.09. The Labute approximate surface area is 94.9 Å². The van der Waals surface area contributed by atoms with Crippen molar-refractivity contribution in [3.8, 4) is 0 Å². The molecule has 5 nitrogen and oxygen atoms in total. The molecular weight excluding hydrogens is 210 g/mol. The van der Waals surface area contributed by atoms with Crippen molar-refractivity contribution in [1.82, 2.24) is 20.1 Å². The van der Waals surface area contributed by atoms with Crippen LogP contribution in [0.5, 0.6) is 0 Å². The van der Waals surface area contributed by atoms with Gasteiger partial charge in [0.2, 0.25) is 4.77 Å². The maximum absolute atomic E-state index is 4.90. The van der Waals surface area contributed by atoms with Crippen molar-refractivity contribution in [2.24, 2.45) is 0 Å². The van der Waals surface area contributed by atoms with E-state index in [9.17, 15) is 0 Å². The predicted molar refractivity (Wildman–Crippen MR) is 63.6 cm³/mol. The van der Waals surface area contributed by atoms with Crippen LogP contribution in [0.2, 0.25) is 0 Å². The lowest BCUT2D eigenvalue weighted by Gasteiger charge is -2.10. The Morgan fingerprint density at radius 2 is 2.20 bits per heavy atom. The van der Waals surface area contributed by atoms with Crippen LogP contribution in [0.3, 0.4) is 0 Å². The molecule has 0 spiro atoms. The SMILES string of the molecule is Cc1n[nH]c(=S)nc1NCCCN(C)C. The topological polar surface area (TPSA) is 56.8 Å². The Bertz CT molecular complexity index is 360. The molecule has 0 fully saturated rings. The number of hydrogen-bond acceptors (Lipinski definition) is 5. The Morgan fingerprint density at radius 1 is 1.47 bits per heavy atom. The fourth-order valence-electron chi connectivity index (χ4n) is 1.16. The Kier molecular flexibility index (Phi) is 4.64. The molecule has 0 unspecified atom stereocenters. The second kappa shape index (κ2) is 5.77. The summed E-state index contributed by atoms with van der Waals surface area (Å²) in [5.74, 6) is 0.775. The summed E-state index contributed by atoms with van der Waals surface area (Å²) >= 11 is 4.90. The molecule has 1 aromatic rings. The fraction of sp³-hybridized carbons (Fsp3) is 0.667. The number of H-pyrrole nitrogens is 1. The number of nitrogens with zero attached hydrogens (tertiary/aromatic N) is 3. The summed E-state index contributed by atoms with van der Waals surface area (Å²) < 4.78 is 0.413. The van der Waals surface area contributed by atoms with Gasteiger partial charge in [-0.1, -0.05) is 0 Å². The number of aryl methyl sites for hydroxylation is 1. The van der Waals surface area contributed by atoms with Crippen LogP contribution in [0.1, 0.15) is 12.1 Å². The van der Waals surface area contributed by atoms with Crippen molar-refractivity contribution in [2.45, 2.75) is 13.3 Å². The highest BCUT2D eigenvalue weighted by molar-refractivity contribution is 7.71. The minimum absolute atomic E-state index is 0.413. The Morgan fingerprint density at radius 3 is 2.87 bits per heavy atom. The van der Waals surface area contributed by atoms with Crippen LogP contribution in [0.15, 0.2) is 0 Å². The molecule has 0 aromatic carbocycles. The molecule has 0 aliphatic rings. The minimum Gasteiger partial charge on any atom is -0.368 e. The summed E-state index contributed by atoms with van der Waals surface area (Å²) in [6.07, 6.45) is 1.07. The molecule has 1 aromatic heterocycles. The van der Waals surface area contributed by atoms with Crippen molar-refractivity contribution < 1.29 is 0 Å². The number of aromatic nitrogens is 3. The van der Waals surface area contributed by atoms with Gasteiger partial charge in [0, 0.05) is 6.54 Å². The van der Waals surface area contributed by atoms with Gasteiger partial charge in [-0.25, -0.2) is 0 Å². The van der Waals surface area contributed by atoms with E-state index in [1.165, 1.54) is 0 Å². The molecule has 2 N–H and O–H groups in total. The number of aromatic amines is 1. The maximum Gasteiger partial charge on any atom is 0.215 e. The number of hydrogen-bond donors (Lipinski definition) is 2. The van der Waals surface area contributed by atoms with E-state index in [2.05, 4.69) is 39.5 Å². The first kappa shape index (κ1) is 12.1. The van der Waals surface area contributed by atoms with E-state index in [1.807, 2.05) is 6.92 Å². The molecule has 6 heteroatoms.